The van der Waals surface area contributed by atoms with Gasteiger partial charge in [0.15, 0.2) is 0 Å². The van der Waals surface area contributed by atoms with Gasteiger partial charge >= 0.3 is 0 Å². The summed E-state index contributed by atoms with van der Waals surface area (Å²) in [5.74, 6) is -1.76. The van der Waals surface area contributed by atoms with Crippen molar-refractivity contribution in [3.63, 3.8) is 0 Å². The standard InChI is InChI=1S/C13H15F2NO2S/c14-12-2-1-3-13(15)11(12)8-19(17,18)16-7-9-4-5-10(16)6-9/h1-3,9-10H,4-8H2. The summed E-state index contributed by atoms with van der Waals surface area (Å²) in [5, 5.41) is 0. The molecule has 0 spiro atoms. The van der Waals surface area contributed by atoms with Crippen molar-refractivity contribution < 1.29 is 17.2 Å². The highest BCUT2D eigenvalue weighted by Gasteiger charge is 2.43. The zero-order valence-corrected chi connectivity index (χ0v) is 11.2. The predicted octanol–water partition coefficient (Wildman–Crippen LogP) is 2.28. The van der Waals surface area contributed by atoms with Gasteiger partial charge in [-0.15, -0.1) is 0 Å². The average molecular weight is 287 g/mol. The summed E-state index contributed by atoms with van der Waals surface area (Å²) in [6.45, 7) is 0.503. The number of nitrogens with zero attached hydrogens (tertiary/aromatic N) is 1. The SMILES string of the molecule is O=S(=O)(Cc1c(F)cccc1F)N1CC2CCC1C2. The quantitative estimate of drug-likeness (QED) is 0.855. The van der Waals surface area contributed by atoms with Gasteiger partial charge in [-0.05, 0) is 37.3 Å². The Labute approximate surface area is 111 Å². The molecule has 0 radical (unpaired) electrons. The van der Waals surface area contributed by atoms with Crippen LogP contribution in [0, 0.1) is 17.6 Å². The third-order valence-corrected chi connectivity index (χ3v) is 5.92. The molecule has 2 aliphatic rings. The molecule has 2 bridgehead atoms. The molecule has 19 heavy (non-hydrogen) atoms. The highest BCUT2D eigenvalue weighted by molar-refractivity contribution is 7.88. The maximum Gasteiger partial charge on any atom is 0.218 e. The molecule has 6 heteroatoms. The third kappa shape index (κ3) is 2.27. The van der Waals surface area contributed by atoms with Crippen LogP contribution in [-0.4, -0.2) is 25.3 Å². The van der Waals surface area contributed by atoms with Crippen molar-refractivity contribution in [2.24, 2.45) is 5.92 Å². The second-order valence-corrected chi connectivity index (χ2v) is 7.28. The molecule has 1 aromatic rings. The van der Waals surface area contributed by atoms with Crippen LogP contribution >= 0.6 is 0 Å². The topological polar surface area (TPSA) is 37.4 Å². The number of hydrogen-bond donors (Lipinski definition) is 0. The Hall–Kier alpha value is -1.01. The minimum Gasteiger partial charge on any atom is -0.212 e. The van der Waals surface area contributed by atoms with Gasteiger partial charge in [-0.1, -0.05) is 6.07 Å². The van der Waals surface area contributed by atoms with E-state index in [2.05, 4.69) is 0 Å². The molecule has 1 saturated carbocycles. The van der Waals surface area contributed by atoms with Gasteiger partial charge in [0.2, 0.25) is 10.0 Å². The number of rotatable bonds is 3. The van der Waals surface area contributed by atoms with E-state index in [1.54, 1.807) is 0 Å². The first-order chi connectivity index (χ1) is 8.97. The number of piperidine rings is 1. The fourth-order valence-electron chi connectivity index (χ4n) is 3.16. The van der Waals surface area contributed by atoms with E-state index in [0.717, 1.165) is 31.4 Å². The normalized spacial score (nSPS) is 27.1. The van der Waals surface area contributed by atoms with Crippen LogP contribution in [0.2, 0.25) is 0 Å². The van der Waals surface area contributed by atoms with Crippen LogP contribution in [0.5, 0.6) is 0 Å². The van der Waals surface area contributed by atoms with E-state index < -0.39 is 27.4 Å². The van der Waals surface area contributed by atoms with Crippen LogP contribution < -0.4 is 0 Å². The van der Waals surface area contributed by atoms with Gasteiger partial charge in [0.25, 0.3) is 0 Å². The Morgan fingerprint density at radius 2 is 1.89 bits per heavy atom. The lowest BCUT2D eigenvalue weighted by atomic mass is 10.1. The summed E-state index contributed by atoms with van der Waals surface area (Å²) in [5.41, 5.74) is -0.356. The van der Waals surface area contributed by atoms with Crippen molar-refractivity contribution in [1.29, 1.82) is 0 Å². The Balaban J connectivity index is 1.86. The van der Waals surface area contributed by atoms with Gasteiger partial charge in [-0.2, -0.15) is 4.31 Å². The van der Waals surface area contributed by atoms with E-state index in [0.29, 0.717) is 12.5 Å². The molecule has 1 aliphatic carbocycles. The highest BCUT2D eigenvalue weighted by Crippen LogP contribution is 2.39. The fraction of sp³-hybridized carbons (Fsp3) is 0.538. The highest BCUT2D eigenvalue weighted by atomic mass is 32.2. The Morgan fingerprint density at radius 3 is 2.42 bits per heavy atom. The van der Waals surface area contributed by atoms with Crippen molar-refractivity contribution in [2.45, 2.75) is 31.1 Å². The van der Waals surface area contributed by atoms with Crippen molar-refractivity contribution in [2.75, 3.05) is 6.54 Å². The van der Waals surface area contributed by atoms with Gasteiger partial charge in [0.05, 0.1) is 5.75 Å². The molecule has 1 saturated heterocycles. The molecule has 0 aromatic heterocycles. The van der Waals surface area contributed by atoms with Gasteiger partial charge in [-0.25, -0.2) is 17.2 Å². The first-order valence-electron chi connectivity index (χ1n) is 6.40. The number of fused-ring (bicyclic) bond motifs is 2. The monoisotopic (exact) mass is 287 g/mol. The number of benzene rings is 1. The molecule has 104 valence electrons. The van der Waals surface area contributed by atoms with E-state index in [1.807, 2.05) is 0 Å². The molecule has 1 aliphatic heterocycles. The first-order valence-corrected chi connectivity index (χ1v) is 8.00. The van der Waals surface area contributed by atoms with Crippen molar-refractivity contribution in [3.8, 4) is 0 Å². The van der Waals surface area contributed by atoms with Gasteiger partial charge in [0.1, 0.15) is 11.6 Å². The van der Waals surface area contributed by atoms with Crippen LogP contribution in [0.1, 0.15) is 24.8 Å². The maximum absolute atomic E-state index is 13.5. The van der Waals surface area contributed by atoms with Crippen molar-refractivity contribution >= 4 is 10.0 Å². The molecule has 1 aromatic carbocycles. The van der Waals surface area contributed by atoms with E-state index in [9.17, 15) is 17.2 Å². The summed E-state index contributed by atoms with van der Waals surface area (Å²) in [6, 6.07) is 3.44. The Bertz CT molecular complexity index is 582. The van der Waals surface area contributed by atoms with Crippen molar-refractivity contribution in [1.82, 2.24) is 4.31 Å². The lowest BCUT2D eigenvalue weighted by molar-refractivity contribution is 0.332. The smallest absolute Gasteiger partial charge is 0.212 e. The van der Waals surface area contributed by atoms with Gasteiger partial charge in [0, 0.05) is 18.2 Å². The minimum absolute atomic E-state index is 0.0323. The summed E-state index contributed by atoms with van der Waals surface area (Å²) in [7, 11) is -3.64. The van der Waals surface area contributed by atoms with Crippen LogP contribution in [0.25, 0.3) is 0 Å². The van der Waals surface area contributed by atoms with E-state index in [4.69, 9.17) is 0 Å². The van der Waals surface area contributed by atoms with Crippen LogP contribution in [0.3, 0.4) is 0 Å². The molecule has 1 heterocycles. The number of sulfonamides is 1. The summed E-state index contributed by atoms with van der Waals surface area (Å²) < 4.78 is 53.1. The lowest BCUT2D eigenvalue weighted by Gasteiger charge is -2.26. The van der Waals surface area contributed by atoms with Crippen LogP contribution in [0.4, 0.5) is 8.78 Å². The fourth-order valence-corrected chi connectivity index (χ4v) is 5.05. The predicted molar refractivity (Wildman–Crippen MR) is 66.8 cm³/mol. The molecule has 2 atom stereocenters. The zero-order valence-electron chi connectivity index (χ0n) is 10.4. The molecule has 0 N–H and O–H groups in total. The van der Waals surface area contributed by atoms with Crippen molar-refractivity contribution in [3.05, 3.63) is 35.4 Å². The van der Waals surface area contributed by atoms with Gasteiger partial charge < -0.3 is 0 Å². The Kier molecular flexibility index (Phi) is 3.09. The number of halogens is 2. The molecule has 3 rings (SSSR count). The maximum atomic E-state index is 13.5. The third-order valence-electron chi connectivity index (χ3n) is 4.10. The molecule has 0 amide bonds. The molecular weight excluding hydrogens is 272 g/mol. The van der Waals surface area contributed by atoms with E-state index >= 15 is 0 Å². The molecule has 3 nitrogen and oxygen atoms in total. The molecular formula is C13H15F2NO2S. The number of hydrogen-bond acceptors (Lipinski definition) is 2. The lowest BCUT2D eigenvalue weighted by Crippen LogP contribution is -2.38. The largest absolute Gasteiger partial charge is 0.218 e. The summed E-state index contributed by atoms with van der Waals surface area (Å²) in [4.78, 5) is 0. The Morgan fingerprint density at radius 1 is 1.21 bits per heavy atom. The molecule has 2 unspecified atom stereocenters. The van der Waals surface area contributed by atoms with Gasteiger partial charge in [-0.3, -0.25) is 0 Å². The summed E-state index contributed by atoms with van der Waals surface area (Å²) in [6.07, 6.45) is 2.81. The first kappa shape index (κ1) is 13.0. The van der Waals surface area contributed by atoms with E-state index in [-0.39, 0.29) is 11.6 Å². The average Bonchev–Trinajstić information content (AvgIpc) is 2.96. The van der Waals surface area contributed by atoms with Crippen LogP contribution in [0.15, 0.2) is 18.2 Å². The second-order valence-electron chi connectivity index (χ2n) is 5.36. The second kappa shape index (κ2) is 4.52. The molecule has 2 fully saturated rings. The summed E-state index contributed by atoms with van der Waals surface area (Å²) >= 11 is 0. The minimum atomic E-state index is -3.64. The van der Waals surface area contributed by atoms with E-state index in [1.165, 1.54) is 10.4 Å². The van der Waals surface area contributed by atoms with Crippen LogP contribution in [-0.2, 0) is 15.8 Å². The zero-order chi connectivity index (χ0) is 13.6.